The minimum Gasteiger partial charge on any atom is -0.474 e. The molecule has 0 unspecified atom stereocenters. The molecule has 0 saturated heterocycles. The summed E-state index contributed by atoms with van der Waals surface area (Å²) in [5.74, 6) is 0.481. The van der Waals surface area contributed by atoms with Crippen molar-refractivity contribution in [3.63, 3.8) is 0 Å². The molecule has 0 atom stereocenters. The molecule has 0 bridgehead atoms. The number of hydrogen-bond acceptors (Lipinski definition) is 4. The van der Waals surface area contributed by atoms with Crippen LogP contribution >= 0.6 is 12.2 Å². The van der Waals surface area contributed by atoms with E-state index in [0.29, 0.717) is 11.6 Å². The fourth-order valence-corrected chi connectivity index (χ4v) is 0.851. The maximum Gasteiger partial charge on any atom is 0.232 e. The van der Waals surface area contributed by atoms with Crippen LogP contribution in [0.2, 0.25) is 0 Å². The van der Waals surface area contributed by atoms with Crippen LogP contribution in [0.15, 0.2) is 12.4 Å². The Bertz CT molecular complexity index is 297. The highest BCUT2D eigenvalue weighted by Gasteiger charge is 2.01. The zero-order valence-corrected chi connectivity index (χ0v) is 8.34. The Labute approximate surface area is 82.1 Å². The van der Waals surface area contributed by atoms with Crippen molar-refractivity contribution in [2.24, 2.45) is 5.73 Å². The van der Waals surface area contributed by atoms with Crippen molar-refractivity contribution < 1.29 is 4.74 Å². The summed E-state index contributed by atoms with van der Waals surface area (Å²) < 4.78 is 5.29. The van der Waals surface area contributed by atoms with Crippen molar-refractivity contribution in [3.8, 4) is 5.88 Å². The zero-order chi connectivity index (χ0) is 9.84. The van der Waals surface area contributed by atoms with Gasteiger partial charge in [-0.2, -0.15) is 0 Å². The van der Waals surface area contributed by atoms with Gasteiger partial charge in [-0.25, -0.2) is 9.97 Å². The molecular weight excluding hydrogens is 186 g/mol. The maximum absolute atomic E-state index is 5.35. The van der Waals surface area contributed by atoms with E-state index in [4.69, 9.17) is 22.7 Å². The summed E-state index contributed by atoms with van der Waals surface area (Å²) in [5, 5.41) is 0. The minimum atomic E-state index is 0.0879. The fraction of sp³-hybridized carbons (Fsp3) is 0.375. The molecule has 0 radical (unpaired) electrons. The molecule has 0 aliphatic carbocycles. The summed E-state index contributed by atoms with van der Waals surface area (Å²) in [6.07, 6.45) is 3.10. The molecule has 13 heavy (non-hydrogen) atoms. The van der Waals surface area contributed by atoms with Gasteiger partial charge in [0.2, 0.25) is 5.88 Å². The summed E-state index contributed by atoms with van der Waals surface area (Å²) in [6.45, 7) is 3.84. The molecule has 4 nitrogen and oxygen atoms in total. The van der Waals surface area contributed by atoms with Crippen LogP contribution in [0.5, 0.6) is 5.88 Å². The Kier molecular flexibility index (Phi) is 3.13. The number of ether oxygens (including phenoxy) is 1. The van der Waals surface area contributed by atoms with Gasteiger partial charge in [-0.15, -0.1) is 0 Å². The van der Waals surface area contributed by atoms with Gasteiger partial charge in [-0.05, 0) is 13.8 Å². The standard InChI is InChI=1S/C8H11N3OS/c1-5(2)12-7-4-10-6(3-11-7)8(9)13/h3-5H,1-2H3,(H2,9,13). The SMILES string of the molecule is CC(C)Oc1cnc(C(N)=S)cn1. The van der Waals surface area contributed by atoms with Crippen molar-refractivity contribution in [1.29, 1.82) is 0 Å². The molecule has 1 aromatic rings. The quantitative estimate of drug-likeness (QED) is 0.729. The van der Waals surface area contributed by atoms with Gasteiger partial charge in [-0.1, -0.05) is 12.2 Å². The van der Waals surface area contributed by atoms with E-state index < -0.39 is 0 Å². The van der Waals surface area contributed by atoms with Gasteiger partial charge in [-0.3, -0.25) is 0 Å². The second kappa shape index (κ2) is 4.13. The van der Waals surface area contributed by atoms with E-state index in [0.717, 1.165) is 0 Å². The van der Waals surface area contributed by atoms with Crippen molar-refractivity contribution in [1.82, 2.24) is 9.97 Å². The zero-order valence-electron chi connectivity index (χ0n) is 7.52. The summed E-state index contributed by atoms with van der Waals surface area (Å²) in [4.78, 5) is 8.20. The van der Waals surface area contributed by atoms with E-state index in [1.54, 1.807) is 0 Å². The first-order valence-electron chi connectivity index (χ1n) is 3.88. The van der Waals surface area contributed by atoms with E-state index in [9.17, 15) is 0 Å². The molecule has 0 saturated carbocycles. The first kappa shape index (κ1) is 9.85. The largest absolute Gasteiger partial charge is 0.474 e. The van der Waals surface area contributed by atoms with Crippen molar-refractivity contribution >= 4 is 17.2 Å². The molecule has 70 valence electrons. The molecule has 1 heterocycles. The predicted molar refractivity (Wildman–Crippen MR) is 53.7 cm³/mol. The van der Waals surface area contributed by atoms with Gasteiger partial charge >= 0.3 is 0 Å². The molecule has 0 aromatic carbocycles. The minimum absolute atomic E-state index is 0.0879. The highest BCUT2D eigenvalue weighted by Crippen LogP contribution is 2.05. The Morgan fingerprint density at radius 2 is 2.15 bits per heavy atom. The van der Waals surface area contributed by atoms with Crippen LogP contribution in [0, 0.1) is 0 Å². The number of nitrogens with zero attached hydrogens (tertiary/aromatic N) is 2. The molecule has 0 fully saturated rings. The van der Waals surface area contributed by atoms with E-state index in [-0.39, 0.29) is 11.1 Å². The number of aromatic nitrogens is 2. The maximum atomic E-state index is 5.35. The van der Waals surface area contributed by atoms with Gasteiger partial charge in [0, 0.05) is 0 Å². The topological polar surface area (TPSA) is 61.0 Å². The second-order valence-corrected chi connectivity index (χ2v) is 3.21. The van der Waals surface area contributed by atoms with Gasteiger partial charge in [0.15, 0.2) is 0 Å². The lowest BCUT2D eigenvalue weighted by Gasteiger charge is -2.07. The Balaban J connectivity index is 2.75. The Hall–Kier alpha value is -1.23. The van der Waals surface area contributed by atoms with E-state index in [1.807, 2.05) is 13.8 Å². The number of rotatable bonds is 3. The van der Waals surface area contributed by atoms with Crippen LogP contribution in [0.25, 0.3) is 0 Å². The molecule has 1 aromatic heterocycles. The lowest BCUT2D eigenvalue weighted by molar-refractivity contribution is 0.231. The highest BCUT2D eigenvalue weighted by atomic mass is 32.1. The summed E-state index contributed by atoms with van der Waals surface area (Å²) in [5.41, 5.74) is 5.86. The molecule has 0 aliphatic heterocycles. The van der Waals surface area contributed by atoms with Crippen molar-refractivity contribution in [2.45, 2.75) is 20.0 Å². The summed E-state index contributed by atoms with van der Waals surface area (Å²) in [6, 6.07) is 0. The van der Waals surface area contributed by atoms with Crippen LogP contribution in [0.1, 0.15) is 19.5 Å². The van der Waals surface area contributed by atoms with Crippen LogP contribution in [0.4, 0.5) is 0 Å². The first-order valence-corrected chi connectivity index (χ1v) is 4.29. The molecule has 0 aliphatic rings. The van der Waals surface area contributed by atoms with Gasteiger partial charge in [0.1, 0.15) is 10.7 Å². The molecule has 0 spiro atoms. The van der Waals surface area contributed by atoms with Crippen molar-refractivity contribution in [2.75, 3.05) is 0 Å². The molecule has 5 heteroatoms. The smallest absolute Gasteiger partial charge is 0.232 e. The highest BCUT2D eigenvalue weighted by molar-refractivity contribution is 7.80. The molecule has 2 N–H and O–H groups in total. The van der Waals surface area contributed by atoms with Crippen LogP contribution < -0.4 is 10.5 Å². The molecule has 1 rings (SSSR count). The van der Waals surface area contributed by atoms with E-state index in [1.165, 1.54) is 12.4 Å². The third kappa shape index (κ3) is 2.95. The van der Waals surface area contributed by atoms with E-state index in [2.05, 4.69) is 9.97 Å². The van der Waals surface area contributed by atoms with Crippen molar-refractivity contribution in [3.05, 3.63) is 18.1 Å². The number of thiocarbonyl (C=S) groups is 1. The predicted octanol–water partition coefficient (Wildman–Crippen LogP) is 0.898. The third-order valence-electron chi connectivity index (χ3n) is 1.24. The Morgan fingerprint density at radius 3 is 2.54 bits per heavy atom. The van der Waals surface area contributed by atoms with Crippen LogP contribution in [0.3, 0.4) is 0 Å². The summed E-state index contributed by atoms with van der Waals surface area (Å²) in [7, 11) is 0. The number of nitrogens with two attached hydrogens (primary N) is 1. The average Bonchev–Trinajstić information content (AvgIpc) is 2.04. The van der Waals surface area contributed by atoms with Crippen LogP contribution in [-0.2, 0) is 0 Å². The molecular formula is C8H11N3OS. The number of hydrogen-bond donors (Lipinski definition) is 1. The summed E-state index contributed by atoms with van der Waals surface area (Å²) >= 11 is 4.73. The third-order valence-corrected chi connectivity index (χ3v) is 1.45. The second-order valence-electron chi connectivity index (χ2n) is 2.77. The Morgan fingerprint density at radius 1 is 1.46 bits per heavy atom. The van der Waals surface area contributed by atoms with E-state index >= 15 is 0 Å². The lowest BCUT2D eigenvalue weighted by Crippen LogP contribution is -2.13. The molecule has 0 amide bonds. The lowest BCUT2D eigenvalue weighted by atomic mass is 10.4. The van der Waals surface area contributed by atoms with Gasteiger partial charge in [0.05, 0.1) is 18.5 Å². The average molecular weight is 197 g/mol. The normalized spacial score (nSPS) is 10.1. The van der Waals surface area contributed by atoms with Gasteiger partial charge < -0.3 is 10.5 Å². The monoisotopic (exact) mass is 197 g/mol. The first-order chi connectivity index (χ1) is 6.09. The van der Waals surface area contributed by atoms with Crippen LogP contribution in [-0.4, -0.2) is 21.1 Å². The fourth-order valence-electron chi connectivity index (χ4n) is 0.746. The van der Waals surface area contributed by atoms with Gasteiger partial charge in [0.25, 0.3) is 0 Å².